The molecule has 5 nitrogen and oxygen atoms in total. The van der Waals surface area contributed by atoms with Gasteiger partial charge in [-0.05, 0) is 30.3 Å². The fraction of sp³-hybridized carbons (Fsp3) is 0.222. The van der Waals surface area contributed by atoms with Crippen LogP contribution >= 0.6 is 23.2 Å². The highest BCUT2D eigenvalue weighted by Crippen LogP contribution is 2.32. The Labute approximate surface area is 155 Å². The summed E-state index contributed by atoms with van der Waals surface area (Å²) >= 11 is 12.1. The van der Waals surface area contributed by atoms with Gasteiger partial charge in [-0.15, -0.1) is 0 Å². The highest BCUT2D eigenvalue weighted by atomic mass is 35.5. The van der Waals surface area contributed by atoms with E-state index in [1.54, 1.807) is 35.2 Å². The summed E-state index contributed by atoms with van der Waals surface area (Å²) in [5, 5.41) is 10.3. The SMILES string of the molecule is N#CC(=Cc1ccc(-c2ccc(Cl)cc2Cl)o1)C(=O)N1CCOCC1. The van der Waals surface area contributed by atoms with Crippen molar-refractivity contribution in [1.82, 2.24) is 4.90 Å². The van der Waals surface area contributed by atoms with Crippen LogP contribution in [0, 0.1) is 11.3 Å². The van der Waals surface area contributed by atoms with Crippen molar-refractivity contribution >= 4 is 35.2 Å². The Bertz CT molecular complexity index is 861. The van der Waals surface area contributed by atoms with E-state index in [0.717, 1.165) is 0 Å². The normalized spacial score (nSPS) is 15.1. The molecule has 2 aromatic rings. The lowest BCUT2D eigenvalue weighted by Gasteiger charge is -2.26. The Morgan fingerprint density at radius 2 is 1.96 bits per heavy atom. The summed E-state index contributed by atoms with van der Waals surface area (Å²) in [4.78, 5) is 14.0. The van der Waals surface area contributed by atoms with Gasteiger partial charge in [0, 0.05) is 29.8 Å². The smallest absolute Gasteiger partial charge is 0.264 e. The number of morpholine rings is 1. The predicted molar refractivity (Wildman–Crippen MR) is 95.2 cm³/mol. The van der Waals surface area contributed by atoms with Crippen molar-refractivity contribution in [2.45, 2.75) is 0 Å². The summed E-state index contributed by atoms with van der Waals surface area (Å²) in [6, 6.07) is 10.4. The molecule has 0 aliphatic carbocycles. The average Bonchev–Trinajstić information content (AvgIpc) is 3.08. The Balaban J connectivity index is 1.84. The van der Waals surface area contributed by atoms with Crippen LogP contribution in [0.3, 0.4) is 0 Å². The first kappa shape index (κ1) is 17.6. The number of amides is 1. The van der Waals surface area contributed by atoms with Gasteiger partial charge in [0.25, 0.3) is 5.91 Å². The molecular weight excluding hydrogens is 363 g/mol. The van der Waals surface area contributed by atoms with Gasteiger partial charge in [-0.2, -0.15) is 5.26 Å². The molecule has 7 heteroatoms. The van der Waals surface area contributed by atoms with Crippen LogP contribution in [0.1, 0.15) is 5.76 Å². The summed E-state index contributed by atoms with van der Waals surface area (Å²) in [5.74, 6) is 0.608. The second kappa shape index (κ2) is 7.75. The number of benzene rings is 1. The first-order valence-corrected chi connectivity index (χ1v) is 8.38. The van der Waals surface area contributed by atoms with Gasteiger partial charge in [0.1, 0.15) is 23.2 Å². The summed E-state index contributed by atoms with van der Waals surface area (Å²) in [6.07, 6.45) is 1.44. The first-order chi connectivity index (χ1) is 12.1. The molecule has 0 N–H and O–H groups in total. The van der Waals surface area contributed by atoms with E-state index in [4.69, 9.17) is 32.4 Å². The molecule has 2 heterocycles. The number of carbonyl (C=O) groups excluding carboxylic acids is 1. The topological polar surface area (TPSA) is 66.5 Å². The molecule has 1 saturated heterocycles. The molecule has 1 aliphatic rings. The highest BCUT2D eigenvalue weighted by Gasteiger charge is 2.21. The molecule has 0 saturated carbocycles. The maximum absolute atomic E-state index is 12.4. The van der Waals surface area contributed by atoms with Crippen LogP contribution in [0.5, 0.6) is 0 Å². The molecule has 0 atom stereocenters. The van der Waals surface area contributed by atoms with Gasteiger partial charge in [0.05, 0.1) is 18.2 Å². The zero-order valence-corrected chi connectivity index (χ0v) is 14.7. The van der Waals surface area contributed by atoms with Crippen LogP contribution in [-0.4, -0.2) is 37.1 Å². The number of hydrogen-bond acceptors (Lipinski definition) is 4. The molecular formula is C18H14Cl2N2O3. The van der Waals surface area contributed by atoms with E-state index in [-0.39, 0.29) is 11.5 Å². The van der Waals surface area contributed by atoms with E-state index in [0.29, 0.717) is 53.4 Å². The number of furan rings is 1. The maximum Gasteiger partial charge on any atom is 0.264 e. The molecule has 0 spiro atoms. The highest BCUT2D eigenvalue weighted by molar-refractivity contribution is 6.36. The third kappa shape index (κ3) is 4.05. The lowest BCUT2D eigenvalue weighted by atomic mass is 10.2. The van der Waals surface area contributed by atoms with Crippen LogP contribution in [0.4, 0.5) is 0 Å². The molecule has 0 bridgehead atoms. The number of nitrogens with zero attached hydrogens (tertiary/aromatic N) is 2. The molecule has 3 rings (SSSR count). The third-order valence-corrected chi connectivity index (χ3v) is 4.31. The lowest BCUT2D eigenvalue weighted by molar-refractivity contribution is -0.130. The second-order valence-electron chi connectivity index (χ2n) is 5.40. The van der Waals surface area contributed by atoms with Crippen molar-refractivity contribution in [3.05, 3.63) is 51.7 Å². The van der Waals surface area contributed by atoms with Crippen LogP contribution in [-0.2, 0) is 9.53 Å². The Morgan fingerprint density at radius 3 is 2.64 bits per heavy atom. The molecule has 1 aromatic carbocycles. The van der Waals surface area contributed by atoms with Gasteiger partial charge in [0.2, 0.25) is 0 Å². The lowest BCUT2D eigenvalue weighted by Crippen LogP contribution is -2.41. The third-order valence-electron chi connectivity index (χ3n) is 3.76. The molecule has 0 radical (unpaired) electrons. The quantitative estimate of drug-likeness (QED) is 0.599. The van der Waals surface area contributed by atoms with Crippen LogP contribution in [0.15, 0.2) is 40.3 Å². The van der Waals surface area contributed by atoms with E-state index in [1.807, 2.05) is 6.07 Å². The van der Waals surface area contributed by atoms with E-state index in [2.05, 4.69) is 0 Å². The van der Waals surface area contributed by atoms with Gasteiger partial charge < -0.3 is 14.1 Å². The monoisotopic (exact) mass is 376 g/mol. The van der Waals surface area contributed by atoms with Crippen LogP contribution < -0.4 is 0 Å². The first-order valence-electron chi connectivity index (χ1n) is 7.62. The van der Waals surface area contributed by atoms with Gasteiger partial charge >= 0.3 is 0 Å². The average molecular weight is 377 g/mol. The number of carbonyl (C=O) groups is 1. The largest absolute Gasteiger partial charge is 0.457 e. The van der Waals surface area contributed by atoms with E-state index in [9.17, 15) is 10.1 Å². The van der Waals surface area contributed by atoms with Gasteiger partial charge in [-0.25, -0.2) is 0 Å². The standard InChI is InChI=1S/C18H14Cl2N2O3/c19-13-1-3-15(16(20)10-13)17-4-2-14(25-17)9-12(11-21)18(23)22-5-7-24-8-6-22/h1-4,9-10H,5-8H2. The van der Waals surface area contributed by atoms with Crippen molar-refractivity contribution in [2.24, 2.45) is 0 Å². The molecule has 1 aromatic heterocycles. The number of rotatable bonds is 3. The number of ether oxygens (including phenoxy) is 1. The number of nitriles is 1. The summed E-state index contributed by atoms with van der Waals surface area (Å²) in [6.45, 7) is 1.90. The van der Waals surface area contributed by atoms with Gasteiger partial charge in [0.15, 0.2) is 0 Å². The minimum atomic E-state index is -0.326. The summed E-state index contributed by atoms with van der Waals surface area (Å²) in [5.41, 5.74) is 0.703. The van der Waals surface area contributed by atoms with Crippen molar-refractivity contribution in [2.75, 3.05) is 26.3 Å². The minimum Gasteiger partial charge on any atom is -0.457 e. The van der Waals surface area contributed by atoms with Gasteiger partial charge in [-0.3, -0.25) is 4.79 Å². The van der Waals surface area contributed by atoms with E-state index < -0.39 is 0 Å². The van der Waals surface area contributed by atoms with E-state index in [1.165, 1.54) is 6.08 Å². The minimum absolute atomic E-state index is 0.0185. The van der Waals surface area contributed by atoms with Crippen molar-refractivity contribution < 1.29 is 13.9 Å². The Kier molecular flexibility index (Phi) is 5.44. The zero-order valence-electron chi connectivity index (χ0n) is 13.2. The molecule has 1 amide bonds. The summed E-state index contributed by atoms with van der Waals surface area (Å²) < 4.78 is 10.9. The molecule has 128 valence electrons. The van der Waals surface area contributed by atoms with Crippen molar-refractivity contribution in [1.29, 1.82) is 5.26 Å². The predicted octanol–water partition coefficient (Wildman–Crippen LogP) is 4.02. The van der Waals surface area contributed by atoms with Crippen molar-refractivity contribution in [3.8, 4) is 17.4 Å². The molecule has 1 fully saturated rings. The van der Waals surface area contributed by atoms with E-state index >= 15 is 0 Å². The summed E-state index contributed by atoms with van der Waals surface area (Å²) in [7, 11) is 0. The van der Waals surface area contributed by atoms with Crippen LogP contribution in [0.25, 0.3) is 17.4 Å². The number of hydrogen-bond donors (Lipinski definition) is 0. The maximum atomic E-state index is 12.4. The Hall–Kier alpha value is -2.26. The molecule has 0 unspecified atom stereocenters. The van der Waals surface area contributed by atoms with Gasteiger partial charge in [-0.1, -0.05) is 23.2 Å². The fourth-order valence-electron chi connectivity index (χ4n) is 2.49. The number of halogens is 2. The molecule has 1 aliphatic heterocycles. The van der Waals surface area contributed by atoms with Crippen LogP contribution in [0.2, 0.25) is 10.0 Å². The zero-order chi connectivity index (χ0) is 17.8. The second-order valence-corrected chi connectivity index (χ2v) is 6.24. The molecule has 25 heavy (non-hydrogen) atoms. The van der Waals surface area contributed by atoms with Crippen molar-refractivity contribution in [3.63, 3.8) is 0 Å². The fourth-order valence-corrected chi connectivity index (χ4v) is 2.99. The Morgan fingerprint density at radius 1 is 1.20 bits per heavy atom.